The van der Waals surface area contributed by atoms with Crippen LogP contribution in [-0.2, 0) is 16.4 Å². The van der Waals surface area contributed by atoms with Crippen molar-refractivity contribution in [1.82, 2.24) is 4.72 Å². The molecule has 0 aliphatic heterocycles. The van der Waals surface area contributed by atoms with Gasteiger partial charge in [-0.1, -0.05) is 19.1 Å². The molecule has 1 N–H and O–H groups in total. The van der Waals surface area contributed by atoms with E-state index in [-0.39, 0.29) is 17.4 Å². The summed E-state index contributed by atoms with van der Waals surface area (Å²) in [6.45, 7) is 1.84. The third kappa shape index (κ3) is 4.83. The summed E-state index contributed by atoms with van der Waals surface area (Å²) in [7, 11) is -3.56. The summed E-state index contributed by atoms with van der Waals surface area (Å²) >= 11 is 5.63. The van der Waals surface area contributed by atoms with Crippen LogP contribution in [0, 0.1) is 11.3 Å². The quantitative estimate of drug-likeness (QED) is 0.786. The number of halogens is 1. The lowest BCUT2D eigenvalue weighted by Crippen LogP contribution is -2.34. The van der Waals surface area contributed by atoms with Gasteiger partial charge in [0.2, 0.25) is 10.0 Å². The topological polar surface area (TPSA) is 70.0 Å². The first kappa shape index (κ1) is 16.0. The summed E-state index contributed by atoms with van der Waals surface area (Å²) < 4.78 is 26.7. The van der Waals surface area contributed by atoms with Gasteiger partial charge in [0, 0.05) is 11.9 Å². The molecule has 1 unspecified atom stereocenters. The van der Waals surface area contributed by atoms with Crippen molar-refractivity contribution in [3.05, 3.63) is 29.8 Å². The second-order valence-corrected chi connectivity index (χ2v) is 6.26. The average Bonchev–Trinajstić information content (AvgIpc) is 2.39. The maximum absolute atomic E-state index is 12.1. The predicted octanol–water partition coefficient (Wildman–Crippen LogP) is 2.44. The van der Waals surface area contributed by atoms with Crippen LogP contribution in [0.5, 0.6) is 0 Å². The van der Waals surface area contributed by atoms with Gasteiger partial charge in [-0.2, -0.15) is 5.26 Å². The lowest BCUT2D eigenvalue weighted by Gasteiger charge is -2.14. The van der Waals surface area contributed by atoms with Crippen molar-refractivity contribution in [2.45, 2.75) is 37.1 Å². The Morgan fingerprint density at radius 3 is 2.47 bits per heavy atom. The Labute approximate surface area is 119 Å². The van der Waals surface area contributed by atoms with Crippen molar-refractivity contribution in [1.29, 1.82) is 5.26 Å². The molecule has 104 valence electrons. The van der Waals surface area contributed by atoms with Crippen molar-refractivity contribution in [3.8, 4) is 6.07 Å². The van der Waals surface area contributed by atoms with E-state index in [9.17, 15) is 8.42 Å². The van der Waals surface area contributed by atoms with Gasteiger partial charge in [-0.25, -0.2) is 13.1 Å². The zero-order chi connectivity index (χ0) is 14.3. The van der Waals surface area contributed by atoms with E-state index in [0.717, 1.165) is 5.56 Å². The number of nitrogens with zero attached hydrogens (tertiary/aromatic N) is 1. The highest BCUT2D eigenvalue weighted by Gasteiger charge is 2.18. The first-order valence-corrected chi connectivity index (χ1v) is 8.09. The van der Waals surface area contributed by atoms with Crippen LogP contribution < -0.4 is 4.72 Å². The molecule has 0 heterocycles. The Morgan fingerprint density at radius 1 is 1.37 bits per heavy atom. The third-order valence-electron chi connectivity index (χ3n) is 2.77. The number of aryl methyl sites for hydroxylation is 1. The molecular weight excluding hydrogens is 284 g/mol. The Kier molecular flexibility index (Phi) is 6.29. The van der Waals surface area contributed by atoms with Gasteiger partial charge in [-0.3, -0.25) is 0 Å². The summed E-state index contributed by atoms with van der Waals surface area (Å²) in [4.78, 5) is 0.210. The fourth-order valence-electron chi connectivity index (χ4n) is 1.61. The molecule has 0 aliphatic rings. The molecule has 0 aliphatic carbocycles. The van der Waals surface area contributed by atoms with Crippen molar-refractivity contribution < 1.29 is 8.42 Å². The predicted molar refractivity (Wildman–Crippen MR) is 75.5 cm³/mol. The van der Waals surface area contributed by atoms with E-state index in [0.29, 0.717) is 18.7 Å². The molecule has 0 radical (unpaired) electrons. The molecule has 1 aromatic rings. The Balaban J connectivity index is 2.85. The van der Waals surface area contributed by atoms with Gasteiger partial charge in [-0.05, 0) is 30.5 Å². The minimum absolute atomic E-state index is 0.167. The summed E-state index contributed by atoms with van der Waals surface area (Å²) in [5, 5.41) is 8.63. The second-order valence-electron chi connectivity index (χ2n) is 4.17. The van der Waals surface area contributed by atoms with Gasteiger partial charge >= 0.3 is 0 Å². The maximum atomic E-state index is 12.1. The van der Waals surface area contributed by atoms with Crippen LogP contribution in [-0.4, -0.2) is 20.3 Å². The molecule has 0 aromatic heterocycles. The zero-order valence-electron chi connectivity index (χ0n) is 10.8. The van der Waals surface area contributed by atoms with E-state index in [1.54, 1.807) is 24.3 Å². The van der Waals surface area contributed by atoms with Gasteiger partial charge < -0.3 is 0 Å². The highest BCUT2D eigenvalue weighted by Crippen LogP contribution is 2.13. The number of benzene rings is 1. The first-order chi connectivity index (χ1) is 9.03. The zero-order valence-corrected chi connectivity index (χ0v) is 12.3. The standard InChI is InChI=1S/C13H17ClN2O2S/c1-2-12(8-10-15)16-19(17,18)13-5-3-11(4-6-13)7-9-14/h3-6,12,16H,2,7-9H2,1H3. The third-order valence-corrected chi connectivity index (χ3v) is 4.49. The van der Waals surface area contributed by atoms with Crippen LogP contribution >= 0.6 is 11.6 Å². The molecule has 4 nitrogen and oxygen atoms in total. The molecule has 0 saturated carbocycles. The van der Waals surface area contributed by atoms with Crippen LogP contribution in [0.2, 0.25) is 0 Å². The molecule has 0 fully saturated rings. The molecule has 6 heteroatoms. The Bertz CT molecular complexity index is 535. The van der Waals surface area contributed by atoms with E-state index in [1.165, 1.54) is 0 Å². The van der Waals surface area contributed by atoms with Crippen LogP contribution in [0.1, 0.15) is 25.3 Å². The molecule has 1 rings (SSSR count). The van der Waals surface area contributed by atoms with Crippen LogP contribution in [0.4, 0.5) is 0 Å². The van der Waals surface area contributed by atoms with Crippen molar-refractivity contribution in [2.24, 2.45) is 0 Å². The van der Waals surface area contributed by atoms with Crippen LogP contribution in [0.15, 0.2) is 29.2 Å². The summed E-state index contributed by atoms with van der Waals surface area (Å²) in [6.07, 6.45) is 1.46. The van der Waals surface area contributed by atoms with Gasteiger partial charge in [0.15, 0.2) is 0 Å². The number of alkyl halides is 1. The molecule has 0 saturated heterocycles. The Hall–Kier alpha value is -1.09. The number of nitriles is 1. The molecule has 0 bridgehead atoms. The van der Waals surface area contributed by atoms with Crippen LogP contribution in [0.25, 0.3) is 0 Å². The van der Waals surface area contributed by atoms with Crippen molar-refractivity contribution >= 4 is 21.6 Å². The number of hydrogen-bond acceptors (Lipinski definition) is 3. The molecule has 1 atom stereocenters. The normalized spacial score (nSPS) is 12.9. The summed E-state index contributed by atoms with van der Waals surface area (Å²) in [5.74, 6) is 0.504. The lowest BCUT2D eigenvalue weighted by molar-refractivity contribution is 0.543. The van der Waals surface area contributed by atoms with E-state index < -0.39 is 10.0 Å². The summed E-state index contributed by atoms with van der Waals surface area (Å²) in [5.41, 5.74) is 0.998. The van der Waals surface area contributed by atoms with Crippen LogP contribution in [0.3, 0.4) is 0 Å². The molecule has 19 heavy (non-hydrogen) atoms. The van der Waals surface area contributed by atoms with Crippen molar-refractivity contribution in [3.63, 3.8) is 0 Å². The lowest BCUT2D eigenvalue weighted by atomic mass is 10.2. The average molecular weight is 301 g/mol. The molecule has 1 aromatic carbocycles. The first-order valence-electron chi connectivity index (χ1n) is 6.07. The second kappa shape index (κ2) is 7.49. The largest absolute Gasteiger partial charge is 0.240 e. The molecule has 0 amide bonds. The monoisotopic (exact) mass is 300 g/mol. The van der Waals surface area contributed by atoms with Gasteiger partial charge in [0.05, 0.1) is 17.4 Å². The Morgan fingerprint density at radius 2 is 2.00 bits per heavy atom. The molecular formula is C13H17ClN2O2S. The molecule has 0 spiro atoms. The van der Waals surface area contributed by atoms with E-state index in [1.807, 2.05) is 13.0 Å². The smallest absolute Gasteiger partial charge is 0.207 e. The summed E-state index contributed by atoms with van der Waals surface area (Å²) in [6, 6.07) is 8.25. The number of sulfonamides is 1. The van der Waals surface area contributed by atoms with Crippen molar-refractivity contribution in [2.75, 3.05) is 5.88 Å². The minimum Gasteiger partial charge on any atom is -0.207 e. The SMILES string of the molecule is CCC(CC#N)NS(=O)(=O)c1ccc(CCCl)cc1. The van der Waals surface area contributed by atoms with E-state index >= 15 is 0 Å². The fourth-order valence-corrected chi connectivity index (χ4v) is 3.15. The number of hydrogen-bond donors (Lipinski definition) is 1. The van der Waals surface area contributed by atoms with Gasteiger partial charge in [0.25, 0.3) is 0 Å². The highest BCUT2D eigenvalue weighted by atomic mass is 35.5. The number of rotatable bonds is 7. The van der Waals surface area contributed by atoms with Gasteiger partial charge in [0.1, 0.15) is 0 Å². The van der Waals surface area contributed by atoms with E-state index in [4.69, 9.17) is 16.9 Å². The highest BCUT2D eigenvalue weighted by molar-refractivity contribution is 7.89. The maximum Gasteiger partial charge on any atom is 0.240 e. The fraction of sp³-hybridized carbons (Fsp3) is 0.462. The number of nitrogens with one attached hydrogen (secondary N) is 1. The minimum atomic E-state index is -3.56. The van der Waals surface area contributed by atoms with E-state index in [2.05, 4.69) is 4.72 Å². The van der Waals surface area contributed by atoms with Gasteiger partial charge in [-0.15, -0.1) is 11.6 Å².